The zero-order valence-corrected chi connectivity index (χ0v) is 12.9. The van der Waals surface area contributed by atoms with Gasteiger partial charge in [-0.3, -0.25) is 0 Å². The smallest absolute Gasteiger partial charge is 0.171 e. The van der Waals surface area contributed by atoms with E-state index in [0.717, 1.165) is 24.6 Å². The maximum absolute atomic E-state index is 13.1. The number of hydrogen-bond donors (Lipinski definition) is 0. The number of benzene rings is 2. The van der Waals surface area contributed by atoms with E-state index in [2.05, 4.69) is 41.9 Å². The Hall–Kier alpha value is -1.27. The Morgan fingerprint density at radius 1 is 0.947 bits per heavy atom. The Labute approximate surface area is 115 Å². The van der Waals surface area contributed by atoms with Crippen molar-refractivity contribution in [2.75, 3.05) is 23.5 Å². The van der Waals surface area contributed by atoms with Crippen molar-refractivity contribution in [3.05, 3.63) is 42.5 Å². The molecule has 0 N–H and O–H groups in total. The molecule has 0 fully saturated rings. The molecule has 0 aromatic heterocycles. The molecule has 0 bridgehead atoms. The molecular formula is C16H22NOP. The van der Waals surface area contributed by atoms with Gasteiger partial charge in [0.2, 0.25) is 0 Å². The quantitative estimate of drug-likeness (QED) is 0.717. The normalized spacial score (nSPS) is 11.7. The summed E-state index contributed by atoms with van der Waals surface area (Å²) in [6.45, 7) is 6.92. The zero-order valence-electron chi connectivity index (χ0n) is 12.0. The first-order valence-electron chi connectivity index (χ1n) is 7.00. The summed E-state index contributed by atoms with van der Waals surface area (Å²) < 4.78 is 15.2. The molecule has 0 heterocycles. The van der Waals surface area contributed by atoms with Crippen LogP contribution < -0.4 is 4.67 Å². The minimum Gasteiger partial charge on any atom is -0.322 e. The number of rotatable bonds is 5. The SMILES string of the molecule is CCN(c1cccc2ccccc12)P(=O)(CC)CC. The molecule has 0 amide bonds. The van der Waals surface area contributed by atoms with E-state index >= 15 is 0 Å². The predicted molar refractivity (Wildman–Crippen MR) is 85.7 cm³/mol. The van der Waals surface area contributed by atoms with E-state index in [9.17, 15) is 4.57 Å². The van der Waals surface area contributed by atoms with Gasteiger partial charge in [0.25, 0.3) is 0 Å². The van der Waals surface area contributed by atoms with Gasteiger partial charge in [-0.2, -0.15) is 0 Å². The maximum Gasteiger partial charge on any atom is 0.171 e. The highest BCUT2D eigenvalue weighted by Crippen LogP contribution is 2.52. The summed E-state index contributed by atoms with van der Waals surface area (Å²) >= 11 is 0. The van der Waals surface area contributed by atoms with Gasteiger partial charge in [0, 0.05) is 24.3 Å². The first-order chi connectivity index (χ1) is 9.16. The van der Waals surface area contributed by atoms with Crippen molar-refractivity contribution < 1.29 is 4.57 Å². The fraction of sp³-hybridized carbons (Fsp3) is 0.375. The first-order valence-corrected chi connectivity index (χ1v) is 9.03. The van der Waals surface area contributed by atoms with Gasteiger partial charge < -0.3 is 9.24 Å². The van der Waals surface area contributed by atoms with Crippen molar-refractivity contribution in [3.8, 4) is 0 Å². The van der Waals surface area contributed by atoms with Gasteiger partial charge in [-0.05, 0) is 18.4 Å². The standard InChI is InChI=1S/C16H22NOP/c1-4-17(19(18,5-2)6-3)16-13-9-11-14-10-7-8-12-15(14)16/h7-13H,4-6H2,1-3H3. The van der Waals surface area contributed by atoms with Crippen molar-refractivity contribution in [2.45, 2.75) is 20.8 Å². The van der Waals surface area contributed by atoms with E-state index < -0.39 is 7.29 Å². The van der Waals surface area contributed by atoms with Crippen LogP contribution in [0.25, 0.3) is 10.8 Å². The molecule has 0 aliphatic heterocycles. The van der Waals surface area contributed by atoms with Crippen LogP contribution in [0.3, 0.4) is 0 Å². The zero-order chi connectivity index (χ0) is 13.9. The number of hydrogen-bond acceptors (Lipinski definition) is 1. The summed E-state index contributed by atoms with van der Waals surface area (Å²) in [6, 6.07) is 14.6. The van der Waals surface area contributed by atoms with Gasteiger partial charge in [-0.15, -0.1) is 0 Å². The number of fused-ring (bicyclic) bond motifs is 1. The molecule has 0 unspecified atom stereocenters. The van der Waals surface area contributed by atoms with Crippen molar-refractivity contribution >= 4 is 23.8 Å². The molecule has 2 aromatic rings. The first kappa shape index (κ1) is 14.1. The molecule has 0 atom stereocenters. The molecule has 2 nitrogen and oxygen atoms in total. The Balaban J connectivity index is 2.62. The largest absolute Gasteiger partial charge is 0.322 e. The topological polar surface area (TPSA) is 20.3 Å². The molecule has 0 aliphatic carbocycles. The molecule has 0 aliphatic rings. The average Bonchev–Trinajstić information content (AvgIpc) is 2.48. The van der Waals surface area contributed by atoms with Gasteiger partial charge in [-0.25, -0.2) is 0 Å². The van der Waals surface area contributed by atoms with E-state index in [-0.39, 0.29) is 0 Å². The fourth-order valence-electron chi connectivity index (χ4n) is 2.62. The van der Waals surface area contributed by atoms with Gasteiger partial charge >= 0.3 is 0 Å². The minimum atomic E-state index is -2.28. The minimum absolute atomic E-state index is 0.723. The maximum atomic E-state index is 13.1. The lowest BCUT2D eigenvalue weighted by Crippen LogP contribution is -2.21. The van der Waals surface area contributed by atoms with Crippen molar-refractivity contribution in [1.82, 2.24) is 0 Å². The summed E-state index contributed by atoms with van der Waals surface area (Å²) in [5.74, 6) is 0. The molecule has 102 valence electrons. The van der Waals surface area contributed by atoms with Crippen LogP contribution in [0.5, 0.6) is 0 Å². The van der Waals surface area contributed by atoms with Crippen LogP contribution in [0.2, 0.25) is 0 Å². The molecule has 19 heavy (non-hydrogen) atoms. The van der Waals surface area contributed by atoms with Gasteiger partial charge in [0.15, 0.2) is 7.29 Å². The highest BCUT2D eigenvalue weighted by molar-refractivity contribution is 7.65. The summed E-state index contributed by atoms with van der Waals surface area (Å²) in [7, 11) is -2.28. The molecule has 3 heteroatoms. The second-order valence-corrected chi connectivity index (χ2v) is 8.13. The summed E-state index contributed by atoms with van der Waals surface area (Å²) in [6.07, 6.45) is 1.45. The van der Waals surface area contributed by atoms with E-state index in [1.165, 1.54) is 10.8 Å². The Kier molecular flexibility index (Phi) is 4.31. The van der Waals surface area contributed by atoms with Crippen LogP contribution in [0.15, 0.2) is 42.5 Å². The van der Waals surface area contributed by atoms with Crippen LogP contribution in [0.1, 0.15) is 20.8 Å². The summed E-state index contributed by atoms with van der Waals surface area (Å²) in [4.78, 5) is 0. The Morgan fingerprint density at radius 3 is 2.21 bits per heavy atom. The lowest BCUT2D eigenvalue weighted by molar-refractivity contribution is 0.573. The van der Waals surface area contributed by atoms with Crippen molar-refractivity contribution in [3.63, 3.8) is 0 Å². The fourth-order valence-corrected chi connectivity index (χ4v) is 4.84. The lowest BCUT2D eigenvalue weighted by atomic mass is 10.1. The Morgan fingerprint density at radius 2 is 1.58 bits per heavy atom. The molecule has 2 rings (SSSR count). The van der Waals surface area contributed by atoms with E-state index in [4.69, 9.17) is 0 Å². The van der Waals surface area contributed by atoms with Crippen LogP contribution in [0.4, 0.5) is 5.69 Å². The third-order valence-corrected chi connectivity index (χ3v) is 7.13. The highest BCUT2D eigenvalue weighted by atomic mass is 31.2. The third kappa shape index (κ3) is 2.55. The molecule has 0 spiro atoms. The lowest BCUT2D eigenvalue weighted by Gasteiger charge is -2.32. The third-order valence-electron chi connectivity index (χ3n) is 3.77. The monoisotopic (exact) mass is 275 g/mol. The van der Waals surface area contributed by atoms with E-state index in [0.29, 0.717) is 0 Å². The van der Waals surface area contributed by atoms with Crippen LogP contribution >= 0.6 is 7.29 Å². The van der Waals surface area contributed by atoms with Crippen LogP contribution in [0, 0.1) is 0 Å². The average molecular weight is 275 g/mol. The van der Waals surface area contributed by atoms with Crippen molar-refractivity contribution in [2.24, 2.45) is 0 Å². The summed E-state index contributed by atoms with van der Waals surface area (Å²) in [5.41, 5.74) is 1.10. The second kappa shape index (κ2) is 5.79. The highest BCUT2D eigenvalue weighted by Gasteiger charge is 2.26. The number of anilines is 1. The van der Waals surface area contributed by atoms with Crippen LogP contribution in [-0.2, 0) is 4.57 Å². The van der Waals surface area contributed by atoms with E-state index in [1.54, 1.807) is 0 Å². The predicted octanol–water partition coefficient (Wildman–Crippen LogP) is 4.98. The van der Waals surface area contributed by atoms with Gasteiger partial charge in [-0.1, -0.05) is 50.2 Å². The Bertz CT molecular complexity index is 595. The summed E-state index contributed by atoms with van der Waals surface area (Å²) in [5, 5.41) is 2.39. The molecular weight excluding hydrogens is 253 g/mol. The number of nitrogens with zero attached hydrogens (tertiary/aromatic N) is 1. The van der Waals surface area contributed by atoms with Crippen molar-refractivity contribution in [1.29, 1.82) is 0 Å². The molecule has 2 aromatic carbocycles. The molecule has 0 saturated carbocycles. The second-order valence-electron chi connectivity index (χ2n) is 4.69. The van der Waals surface area contributed by atoms with Crippen LogP contribution in [-0.4, -0.2) is 18.9 Å². The molecule has 0 radical (unpaired) electrons. The van der Waals surface area contributed by atoms with Gasteiger partial charge in [0.05, 0.1) is 5.69 Å². The van der Waals surface area contributed by atoms with E-state index in [1.807, 2.05) is 26.0 Å². The van der Waals surface area contributed by atoms with Gasteiger partial charge in [0.1, 0.15) is 0 Å². The molecule has 0 saturated heterocycles.